The van der Waals surface area contributed by atoms with Gasteiger partial charge >= 0.3 is 0 Å². The van der Waals surface area contributed by atoms with Crippen molar-refractivity contribution in [1.29, 1.82) is 0 Å². The zero-order valence-corrected chi connectivity index (χ0v) is 12.7. The van der Waals surface area contributed by atoms with Crippen LogP contribution in [0.2, 0.25) is 0 Å². The first-order chi connectivity index (χ1) is 8.92. The molecule has 3 N–H and O–H groups in total. The van der Waals surface area contributed by atoms with Gasteiger partial charge in [-0.1, -0.05) is 32.5 Å². The average molecular weight is 301 g/mol. The van der Waals surface area contributed by atoms with Gasteiger partial charge in [0.05, 0.1) is 0 Å². The Bertz CT molecular complexity index is 544. The molecule has 0 fully saturated rings. The number of nitrogens with zero attached hydrogens (tertiary/aromatic N) is 1. The molecule has 0 saturated carbocycles. The first-order valence-electron chi connectivity index (χ1n) is 6.19. The summed E-state index contributed by atoms with van der Waals surface area (Å²) >= 11 is 4.83. The lowest BCUT2D eigenvalue weighted by molar-refractivity contribution is 0.512. The van der Waals surface area contributed by atoms with E-state index in [4.69, 9.17) is 18.0 Å². The average Bonchev–Trinajstić information content (AvgIpc) is 2.38. The van der Waals surface area contributed by atoms with E-state index in [1.54, 1.807) is 6.07 Å². The molecule has 7 heteroatoms. The lowest BCUT2D eigenvalue weighted by atomic mass is 10.1. The van der Waals surface area contributed by atoms with Gasteiger partial charge in [-0.15, -0.1) is 0 Å². The van der Waals surface area contributed by atoms with Gasteiger partial charge in [-0.2, -0.15) is 0 Å². The van der Waals surface area contributed by atoms with Crippen molar-refractivity contribution in [2.45, 2.75) is 44.0 Å². The number of rotatable bonds is 7. The number of sulfonamides is 1. The summed E-state index contributed by atoms with van der Waals surface area (Å²) < 4.78 is 27.3. The molecule has 1 atom stereocenters. The molecule has 0 saturated heterocycles. The Labute approximate surface area is 119 Å². The third kappa shape index (κ3) is 4.22. The van der Waals surface area contributed by atoms with Gasteiger partial charge < -0.3 is 5.73 Å². The number of nitrogens with two attached hydrogens (primary N) is 1. The highest BCUT2D eigenvalue weighted by Crippen LogP contribution is 2.15. The van der Waals surface area contributed by atoms with Crippen LogP contribution in [0.4, 0.5) is 0 Å². The minimum Gasteiger partial charge on any atom is -0.388 e. The van der Waals surface area contributed by atoms with E-state index in [2.05, 4.69) is 9.71 Å². The van der Waals surface area contributed by atoms with Gasteiger partial charge in [0.15, 0.2) is 0 Å². The van der Waals surface area contributed by atoms with Gasteiger partial charge in [-0.3, -0.25) is 4.98 Å². The van der Waals surface area contributed by atoms with Crippen LogP contribution in [0.5, 0.6) is 0 Å². The molecule has 0 aromatic carbocycles. The van der Waals surface area contributed by atoms with E-state index >= 15 is 0 Å². The van der Waals surface area contributed by atoms with Crippen LogP contribution >= 0.6 is 12.2 Å². The number of thiocarbonyl (C=S) groups is 1. The number of hydrogen-bond donors (Lipinski definition) is 2. The van der Waals surface area contributed by atoms with Crippen LogP contribution in [0.3, 0.4) is 0 Å². The number of aromatic nitrogens is 1. The molecule has 0 aliphatic heterocycles. The summed E-state index contributed by atoms with van der Waals surface area (Å²) in [4.78, 5) is 3.95. The van der Waals surface area contributed by atoms with Crippen molar-refractivity contribution in [2.75, 3.05) is 0 Å². The quantitative estimate of drug-likeness (QED) is 0.747. The largest absolute Gasteiger partial charge is 0.388 e. The predicted molar refractivity (Wildman–Crippen MR) is 79.4 cm³/mol. The minimum atomic E-state index is -3.65. The Morgan fingerprint density at radius 2 is 2.21 bits per heavy atom. The molecule has 5 nitrogen and oxygen atoms in total. The lowest BCUT2D eigenvalue weighted by Gasteiger charge is -2.17. The first-order valence-corrected chi connectivity index (χ1v) is 8.08. The molecule has 1 heterocycles. The highest BCUT2D eigenvalue weighted by atomic mass is 32.2. The molecule has 1 rings (SSSR count). The van der Waals surface area contributed by atoms with E-state index < -0.39 is 10.0 Å². The van der Waals surface area contributed by atoms with Crippen molar-refractivity contribution in [3.8, 4) is 0 Å². The first kappa shape index (κ1) is 16.0. The predicted octanol–water partition coefficient (Wildman–Crippen LogP) is 1.57. The van der Waals surface area contributed by atoms with Crippen LogP contribution in [0, 0.1) is 0 Å². The Kier molecular flexibility index (Phi) is 5.84. The van der Waals surface area contributed by atoms with Crippen molar-refractivity contribution in [3.05, 3.63) is 24.0 Å². The molecule has 0 radical (unpaired) electrons. The molecular formula is C12H19N3O2S2. The third-order valence-electron chi connectivity index (χ3n) is 2.75. The highest BCUT2D eigenvalue weighted by molar-refractivity contribution is 7.89. The second kappa shape index (κ2) is 6.93. The van der Waals surface area contributed by atoms with Crippen LogP contribution in [-0.2, 0) is 10.0 Å². The summed E-state index contributed by atoms with van der Waals surface area (Å²) in [6, 6.07) is 2.92. The van der Waals surface area contributed by atoms with Gasteiger partial charge in [-0.25, -0.2) is 13.1 Å². The number of hydrogen-bond acceptors (Lipinski definition) is 4. The molecule has 0 amide bonds. The Morgan fingerprint density at radius 3 is 2.74 bits per heavy atom. The smallest absolute Gasteiger partial charge is 0.243 e. The summed E-state index contributed by atoms with van der Waals surface area (Å²) in [7, 11) is -3.65. The van der Waals surface area contributed by atoms with E-state index in [0.717, 1.165) is 19.3 Å². The standard InChI is InChI=1S/C12H19N3O2S2/c1-3-6-9(4-2)15-19(16,17)10-7-5-8-14-11(10)12(13)18/h5,7-9,15H,3-4,6H2,1-2H3,(H2,13,18). The van der Waals surface area contributed by atoms with Crippen LogP contribution < -0.4 is 10.5 Å². The molecule has 0 aliphatic carbocycles. The molecule has 0 bridgehead atoms. The maximum atomic E-state index is 12.3. The molecule has 1 aromatic rings. The number of nitrogens with one attached hydrogen (secondary N) is 1. The van der Waals surface area contributed by atoms with Gasteiger partial charge in [0, 0.05) is 12.2 Å². The van der Waals surface area contributed by atoms with Crippen molar-refractivity contribution in [1.82, 2.24) is 9.71 Å². The third-order valence-corrected chi connectivity index (χ3v) is 4.49. The van der Waals surface area contributed by atoms with Crippen molar-refractivity contribution < 1.29 is 8.42 Å². The Morgan fingerprint density at radius 1 is 1.53 bits per heavy atom. The lowest BCUT2D eigenvalue weighted by Crippen LogP contribution is -2.35. The van der Waals surface area contributed by atoms with Gasteiger partial charge in [0.2, 0.25) is 10.0 Å². The van der Waals surface area contributed by atoms with E-state index in [9.17, 15) is 8.42 Å². The Balaban J connectivity index is 3.10. The zero-order chi connectivity index (χ0) is 14.5. The SMILES string of the molecule is CCCC(CC)NS(=O)(=O)c1cccnc1C(N)=S. The Hall–Kier alpha value is -1.05. The molecule has 0 aliphatic rings. The maximum Gasteiger partial charge on any atom is 0.243 e. The van der Waals surface area contributed by atoms with Gasteiger partial charge in [0.1, 0.15) is 15.6 Å². The van der Waals surface area contributed by atoms with E-state index in [0.29, 0.717) is 0 Å². The molecule has 1 aromatic heterocycles. The summed E-state index contributed by atoms with van der Waals surface area (Å²) in [6.45, 7) is 3.96. The van der Waals surface area contributed by atoms with Gasteiger partial charge in [0.25, 0.3) is 0 Å². The molecule has 1 unspecified atom stereocenters. The van der Waals surface area contributed by atoms with Crippen molar-refractivity contribution in [2.24, 2.45) is 5.73 Å². The fraction of sp³-hybridized carbons (Fsp3) is 0.500. The highest BCUT2D eigenvalue weighted by Gasteiger charge is 2.23. The van der Waals surface area contributed by atoms with Crippen LogP contribution in [0.25, 0.3) is 0 Å². The van der Waals surface area contributed by atoms with Gasteiger partial charge in [-0.05, 0) is 25.0 Å². The fourth-order valence-electron chi connectivity index (χ4n) is 1.77. The maximum absolute atomic E-state index is 12.3. The summed E-state index contributed by atoms with van der Waals surface area (Å²) in [5, 5.41) is 0. The van der Waals surface area contributed by atoms with E-state index in [-0.39, 0.29) is 21.6 Å². The summed E-state index contributed by atoms with van der Waals surface area (Å²) in [6.07, 6.45) is 3.90. The van der Waals surface area contributed by atoms with Crippen molar-refractivity contribution in [3.63, 3.8) is 0 Å². The topological polar surface area (TPSA) is 85.1 Å². The fourth-order valence-corrected chi connectivity index (χ4v) is 3.52. The normalized spacial score (nSPS) is 13.2. The molecular weight excluding hydrogens is 282 g/mol. The molecule has 106 valence electrons. The monoisotopic (exact) mass is 301 g/mol. The summed E-state index contributed by atoms with van der Waals surface area (Å²) in [5.74, 6) is 0. The van der Waals surface area contributed by atoms with Crippen LogP contribution in [0.15, 0.2) is 23.2 Å². The second-order valence-corrected chi connectivity index (χ2v) is 6.35. The van der Waals surface area contributed by atoms with Crippen molar-refractivity contribution >= 4 is 27.2 Å². The molecule has 0 spiro atoms. The van der Waals surface area contributed by atoms with E-state index in [1.807, 2.05) is 13.8 Å². The number of pyridine rings is 1. The molecule has 19 heavy (non-hydrogen) atoms. The zero-order valence-electron chi connectivity index (χ0n) is 11.1. The minimum absolute atomic E-state index is 0.0236. The van der Waals surface area contributed by atoms with Crippen LogP contribution in [-0.4, -0.2) is 24.4 Å². The summed E-state index contributed by atoms with van der Waals surface area (Å²) in [5.41, 5.74) is 5.65. The van der Waals surface area contributed by atoms with Crippen LogP contribution in [0.1, 0.15) is 38.8 Å². The van der Waals surface area contributed by atoms with E-state index in [1.165, 1.54) is 12.3 Å². The second-order valence-electron chi connectivity index (χ2n) is 4.23.